The Morgan fingerprint density at radius 1 is 1.45 bits per heavy atom. The zero-order valence-corrected chi connectivity index (χ0v) is 12.7. The molecule has 1 saturated heterocycles. The molecule has 0 aromatic carbocycles. The van der Waals surface area contributed by atoms with Gasteiger partial charge in [-0.1, -0.05) is 11.6 Å². The van der Waals surface area contributed by atoms with Crippen LogP contribution in [0.2, 0.25) is 5.02 Å². The number of nitrogens with one attached hydrogen (secondary N) is 1. The molecule has 0 radical (unpaired) electrons. The molecule has 2 rings (SSSR count). The minimum Gasteiger partial charge on any atom is -0.378 e. The second kappa shape index (κ2) is 7.06. The number of halogens is 1. The highest BCUT2D eigenvalue weighted by Crippen LogP contribution is 2.18. The van der Waals surface area contributed by atoms with Gasteiger partial charge in [0.15, 0.2) is 0 Å². The van der Waals surface area contributed by atoms with Crippen LogP contribution in [-0.2, 0) is 23.1 Å². The van der Waals surface area contributed by atoms with E-state index < -0.39 is 0 Å². The molecule has 20 heavy (non-hydrogen) atoms. The minimum atomic E-state index is 0.174. The number of amides is 1. The third kappa shape index (κ3) is 3.71. The van der Waals surface area contributed by atoms with Gasteiger partial charge in [-0.25, -0.2) is 0 Å². The molecule has 0 saturated carbocycles. The Morgan fingerprint density at radius 3 is 2.75 bits per heavy atom. The van der Waals surface area contributed by atoms with Crippen molar-refractivity contribution in [2.24, 2.45) is 7.05 Å². The van der Waals surface area contributed by atoms with Gasteiger partial charge in [0, 0.05) is 39.6 Å². The summed E-state index contributed by atoms with van der Waals surface area (Å²) in [6.07, 6.45) is 0.494. The average Bonchev–Trinajstić information content (AvgIpc) is 2.70. The van der Waals surface area contributed by atoms with Gasteiger partial charge in [0.05, 0.1) is 29.6 Å². The molecule has 0 unspecified atom stereocenters. The van der Waals surface area contributed by atoms with Crippen LogP contribution < -0.4 is 5.32 Å². The SMILES string of the molecule is Cc1nn(C)c(CNCCC(=O)N2CCOCC2)c1Cl. The van der Waals surface area contributed by atoms with E-state index >= 15 is 0 Å². The number of ether oxygens (including phenoxy) is 1. The van der Waals surface area contributed by atoms with E-state index in [1.807, 2.05) is 18.9 Å². The van der Waals surface area contributed by atoms with Crippen LogP contribution in [0.5, 0.6) is 0 Å². The maximum atomic E-state index is 11.9. The number of hydrogen-bond acceptors (Lipinski definition) is 4. The summed E-state index contributed by atoms with van der Waals surface area (Å²) >= 11 is 6.16. The van der Waals surface area contributed by atoms with Crippen molar-refractivity contribution in [2.45, 2.75) is 19.9 Å². The molecule has 1 aromatic rings. The van der Waals surface area contributed by atoms with Gasteiger partial charge in [0.1, 0.15) is 0 Å². The molecule has 112 valence electrons. The summed E-state index contributed by atoms with van der Waals surface area (Å²) in [5, 5.41) is 8.19. The first-order chi connectivity index (χ1) is 9.59. The Morgan fingerprint density at radius 2 is 2.15 bits per heavy atom. The van der Waals surface area contributed by atoms with Crippen LogP contribution in [0, 0.1) is 6.92 Å². The lowest BCUT2D eigenvalue weighted by Gasteiger charge is -2.26. The molecule has 0 bridgehead atoms. The number of rotatable bonds is 5. The summed E-state index contributed by atoms with van der Waals surface area (Å²) in [5.74, 6) is 0.174. The zero-order chi connectivity index (χ0) is 14.5. The normalized spacial score (nSPS) is 15.7. The van der Waals surface area contributed by atoms with E-state index in [0.717, 1.165) is 11.4 Å². The Hall–Kier alpha value is -1.11. The molecular weight excluding hydrogens is 280 g/mol. The molecule has 1 amide bonds. The van der Waals surface area contributed by atoms with Gasteiger partial charge < -0.3 is 15.0 Å². The molecule has 1 N–H and O–H groups in total. The molecule has 1 aliphatic heterocycles. The van der Waals surface area contributed by atoms with Gasteiger partial charge in [0.25, 0.3) is 0 Å². The molecule has 0 atom stereocenters. The average molecular weight is 301 g/mol. The molecule has 7 heteroatoms. The first kappa shape index (κ1) is 15.3. The first-order valence-corrected chi connectivity index (χ1v) is 7.21. The third-order valence-electron chi connectivity index (χ3n) is 3.43. The van der Waals surface area contributed by atoms with E-state index in [0.29, 0.717) is 50.8 Å². The number of carbonyl (C=O) groups excluding carboxylic acids is 1. The summed E-state index contributed by atoms with van der Waals surface area (Å²) in [4.78, 5) is 13.8. The topological polar surface area (TPSA) is 59.4 Å². The van der Waals surface area contributed by atoms with Gasteiger partial charge in [0.2, 0.25) is 5.91 Å². The fourth-order valence-electron chi connectivity index (χ4n) is 2.25. The molecule has 1 aromatic heterocycles. The Labute approximate surface area is 124 Å². The number of hydrogen-bond donors (Lipinski definition) is 1. The Kier molecular flexibility index (Phi) is 5.39. The predicted molar refractivity (Wildman–Crippen MR) is 76.7 cm³/mol. The number of carbonyl (C=O) groups is 1. The molecular formula is C13H21ClN4O2. The summed E-state index contributed by atoms with van der Waals surface area (Å²) in [7, 11) is 1.87. The van der Waals surface area contributed by atoms with Crippen LogP contribution in [0.4, 0.5) is 0 Å². The van der Waals surface area contributed by atoms with Crippen molar-refractivity contribution in [3.8, 4) is 0 Å². The van der Waals surface area contributed by atoms with Gasteiger partial charge in [-0.3, -0.25) is 9.48 Å². The highest BCUT2D eigenvalue weighted by molar-refractivity contribution is 6.31. The van der Waals surface area contributed by atoms with Crippen molar-refractivity contribution >= 4 is 17.5 Å². The second-order valence-corrected chi connectivity index (χ2v) is 5.27. The fraction of sp³-hybridized carbons (Fsp3) is 0.692. The minimum absolute atomic E-state index is 0.174. The van der Waals surface area contributed by atoms with Crippen molar-refractivity contribution in [3.05, 3.63) is 16.4 Å². The summed E-state index contributed by atoms with van der Waals surface area (Å²) in [6.45, 7) is 5.82. The maximum absolute atomic E-state index is 11.9. The summed E-state index contributed by atoms with van der Waals surface area (Å²) < 4.78 is 7.00. The second-order valence-electron chi connectivity index (χ2n) is 4.89. The van der Waals surface area contributed by atoms with Gasteiger partial charge in [-0.15, -0.1) is 0 Å². The van der Waals surface area contributed by atoms with E-state index in [1.165, 1.54) is 0 Å². The standard InChI is InChI=1S/C13H21ClN4O2/c1-10-13(14)11(17(2)16-10)9-15-4-3-12(19)18-5-7-20-8-6-18/h15H,3-9H2,1-2H3. The van der Waals surface area contributed by atoms with Crippen LogP contribution >= 0.6 is 11.6 Å². The van der Waals surface area contributed by atoms with E-state index in [4.69, 9.17) is 16.3 Å². The highest BCUT2D eigenvalue weighted by Gasteiger charge is 2.16. The van der Waals surface area contributed by atoms with Crippen molar-refractivity contribution in [1.29, 1.82) is 0 Å². The van der Waals surface area contributed by atoms with Gasteiger partial charge >= 0.3 is 0 Å². The lowest BCUT2D eigenvalue weighted by molar-refractivity contribution is -0.135. The fourth-order valence-corrected chi connectivity index (χ4v) is 2.47. The maximum Gasteiger partial charge on any atom is 0.224 e. The Bertz CT molecular complexity index is 469. The van der Waals surface area contributed by atoms with E-state index in [1.54, 1.807) is 4.68 Å². The number of aryl methyl sites for hydroxylation is 2. The van der Waals surface area contributed by atoms with Crippen molar-refractivity contribution < 1.29 is 9.53 Å². The van der Waals surface area contributed by atoms with Crippen molar-refractivity contribution in [3.63, 3.8) is 0 Å². The quantitative estimate of drug-likeness (QED) is 0.814. The molecule has 2 heterocycles. The highest BCUT2D eigenvalue weighted by atomic mass is 35.5. The lowest BCUT2D eigenvalue weighted by Crippen LogP contribution is -2.41. The predicted octanol–water partition coefficient (Wildman–Crippen LogP) is 0.720. The number of nitrogens with zero attached hydrogens (tertiary/aromatic N) is 3. The van der Waals surface area contributed by atoms with Crippen molar-refractivity contribution in [2.75, 3.05) is 32.8 Å². The number of morpholine rings is 1. The van der Waals surface area contributed by atoms with Gasteiger partial charge in [-0.2, -0.15) is 5.10 Å². The molecule has 1 aliphatic rings. The monoisotopic (exact) mass is 300 g/mol. The van der Waals surface area contributed by atoms with Crippen LogP contribution in [0.3, 0.4) is 0 Å². The van der Waals surface area contributed by atoms with E-state index in [-0.39, 0.29) is 5.91 Å². The largest absolute Gasteiger partial charge is 0.378 e. The molecule has 6 nitrogen and oxygen atoms in total. The molecule has 0 aliphatic carbocycles. The van der Waals surface area contributed by atoms with E-state index in [2.05, 4.69) is 10.4 Å². The van der Waals surface area contributed by atoms with Gasteiger partial charge in [-0.05, 0) is 6.92 Å². The lowest BCUT2D eigenvalue weighted by atomic mass is 10.3. The van der Waals surface area contributed by atoms with Crippen LogP contribution in [-0.4, -0.2) is 53.4 Å². The third-order valence-corrected chi connectivity index (χ3v) is 3.93. The Balaban J connectivity index is 1.72. The van der Waals surface area contributed by atoms with Crippen LogP contribution in [0.25, 0.3) is 0 Å². The first-order valence-electron chi connectivity index (χ1n) is 6.84. The van der Waals surface area contributed by atoms with Crippen LogP contribution in [0.1, 0.15) is 17.8 Å². The smallest absolute Gasteiger partial charge is 0.224 e. The summed E-state index contributed by atoms with van der Waals surface area (Å²) in [6, 6.07) is 0. The van der Waals surface area contributed by atoms with E-state index in [9.17, 15) is 4.79 Å². The van der Waals surface area contributed by atoms with Crippen LogP contribution in [0.15, 0.2) is 0 Å². The molecule has 1 fully saturated rings. The molecule has 0 spiro atoms. The zero-order valence-electron chi connectivity index (χ0n) is 12.0. The summed E-state index contributed by atoms with van der Waals surface area (Å²) in [5.41, 5.74) is 1.78. The van der Waals surface area contributed by atoms with Crippen molar-refractivity contribution in [1.82, 2.24) is 20.0 Å². The number of aromatic nitrogens is 2.